The molecule has 0 aromatic heterocycles. The molecule has 0 spiro atoms. The largest absolute Gasteiger partial charge is 0.393 e. The summed E-state index contributed by atoms with van der Waals surface area (Å²) in [6.45, 7) is 1.02. The standard InChI is InChI=1S/C17H23F3N2O3/c1-17(20,16(22)25)5-4-11(15(21)24)8-14(23)3-2-10-6-12(18)9-13(19)7-10/h6-7,9,11,14,23H,2-5,8H2,1H3,(H2,21,24)(H2,22,25). The predicted octanol–water partition coefficient (Wildman–Crippen LogP) is 1.74. The van der Waals surface area contributed by atoms with E-state index in [9.17, 15) is 27.9 Å². The number of amides is 2. The van der Waals surface area contributed by atoms with Crippen molar-refractivity contribution in [2.24, 2.45) is 17.4 Å². The highest BCUT2D eigenvalue weighted by atomic mass is 19.1. The monoisotopic (exact) mass is 360 g/mol. The first kappa shape index (κ1) is 21.0. The second kappa shape index (κ2) is 8.84. The van der Waals surface area contributed by atoms with E-state index in [0.29, 0.717) is 5.56 Å². The van der Waals surface area contributed by atoms with Gasteiger partial charge < -0.3 is 16.6 Å². The number of aryl methyl sites for hydroxylation is 1. The SMILES string of the molecule is CC(F)(CCC(CC(O)CCc1cc(F)cc(F)c1)C(N)=O)C(N)=O. The van der Waals surface area contributed by atoms with Crippen molar-refractivity contribution in [1.29, 1.82) is 0 Å². The third-order valence-electron chi connectivity index (χ3n) is 4.12. The van der Waals surface area contributed by atoms with Crippen LogP contribution in [0.1, 0.15) is 38.2 Å². The predicted molar refractivity (Wildman–Crippen MR) is 85.9 cm³/mol. The smallest absolute Gasteiger partial charge is 0.254 e. The molecule has 0 saturated carbocycles. The van der Waals surface area contributed by atoms with Crippen LogP contribution in [0.2, 0.25) is 0 Å². The van der Waals surface area contributed by atoms with Crippen molar-refractivity contribution < 1.29 is 27.9 Å². The lowest BCUT2D eigenvalue weighted by Gasteiger charge is -2.21. The van der Waals surface area contributed by atoms with Crippen LogP contribution in [-0.4, -0.2) is 28.7 Å². The first-order valence-electron chi connectivity index (χ1n) is 7.92. The van der Waals surface area contributed by atoms with Crippen LogP contribution in [0.25, 0.3) is 0 Å². The van der Waals surface area contributed by atoms with Crippen LogP contribution in [-0.2, 0) is 16.0 Å². The van der Waals surface area contributed by atoms with Crippen molar-refractivity contribution in [3.05, 3.63) is 35.4 Å². The van der Waals surface area contributed by atoms with Crippen LogP contribution >= 0.6 is 0 Å². The van der Waals surface area contributed by atoms with E-state index in [1.807, 2.05) is 0 Å². The van der Waals surface area contributed by atoms with Gasteiger partial charge in [-0.3, -0.25) is 9.59 Å². The number of hydrogen-bond acceptors (Lipinski definition) is 3. The molecule has 0 bridgehead atoms. The number of aliphatic hydroxyl groups is 1. The van der Waals surface area contributed by atoms with Crippen LogP contribution in [0, 0.1) is 17.6 Å². The van der Waals surface area contributed by atoms with Crippen LogP contribution in [0.5, 0.6) is 0 Å². The maximum absolute atomic E-state index is 13.9. The number of alkyl halides is 1. The van der Waals surface area contributed by atoms with Gasteiger partial charge in [-0.15, -0.1) is 0 Å². The minimum absolute atomic E-state index is 0.0397. The summed E-state index contributed by atoms with van der Waals surface area (Å²) in [4.78, 5) is 22.4. The van der Waals surface area contributed by atoms with Gasteiger partial charge in [0.25, 0.3) is 5.91 Å². The number of hydrogen-bond donors (Lipinski definition) is 3. The van der Waals surface area contributed by atoms with Gasteiger partial charge in [-0.1, -0.05) is 0 Å². The van der Waals surface area contributed by atoms with E-state index in [1.54, 1.807) is 0 Å². The van der Waals surface area contributed by atoms with E-state index in [4.69, 9.17) is 11.5 Å². The van der Waals surface area contributed by atoms with Gasteiger partial charge >= 0.3 is 0 Å². The molecule has 25 heavy (non-hydrogen) atoms. The Hall–Kier alpha value is -2.09. The van der Waals surface area contributed by atoms with E-state index in [0.717, 1.165) is 25.1 Å². The van der Waals surface area contributed by atoms with Crippen LogP contribution in [0.4, 0.5) is 13.2 Å². The third-order valence-corrected chi connectivity index (χ3v) is 4.12. The zero-order valence-corrected chi connectivity index (χ0v) is 14.0. The molecule has 1 aromatic rings. The second-order valence-electron chi connectivity index (χ2n) is 6.41. The topological polar surface area (TPSA) is 106 Å². The maximum Gasteiger partial charge on any atom is 0.254 e. The molecule has 3 atom stereocenters. The summed E-state index contributed by atoms with van der Waals surface area (Å²) in [5.74, 6) is -4.13. The lowest BCUT2D eigenvalue weighted by molar-refractivity contribution is -0.130. The zero-order valence-electron chi connectivity index (χ0n) is 14.0. The number of carbonyl (C=O) groups is 2. The van der Waals surface area contributed by atoms with Crippen molar-refractivity contribution in [3.8, 4) is 0 Å². The number of nitrogens with two attached hydrogens (primary N) is 2. The molecular formula is C17H23F3N2O3. The highest BCUT2D eigenvalue weighted by Gasteiger charge is 2.32. The van der Waals surface area contributed by atoms with Crippen molar-refractivity contribution in [2.75, 3.05) is 0 Å². The zero-order chi connectivity index (χ0) is 19.2. The first-order chi connectivity index (χ1) is 11.5. The number of halogens is 3. The maximum atomic E-state index is 13.9. The Morgan fingerprint density at radius 3 is 2.20 bits per heavy atom. The molecule has 5 nitrogen and oxygen atoms in total. The molecule has 0 aliphatic carbocycles. The Balaban J connectivity index is 2.57. The molecule has 3 unspecified atom stereocenters. The minimum Gasteiger partial charge on any atom is -0.393 e. The molecule has 8 heteroatoms. The summed E-state index contributed by atoms with van der Waals surface area (Å²) >= 11 is 0. The fraction of sp³-hybridized carbons (Fsp3) is 0.529. The van der Waals surface area contributed by atoms with E-state index in [1.165, 1.54) is 0 Å². The number of rotatable bonds is 10. The number of aliphatic hydroxyl groups excluding tert-OH is 1. The Morgan fingerprint density at radius 2 is 1.72 bits per heavy atom. The summed E-state index contributed by atoms with van der Waals surface area (Å²) in [7, 11) is 0. The minimum atomic E-state index is -2.27. The molecule has 140 valence electrons. The molecule has 0 aliphatic rings. The number of primary amides is 2. The highest BCUT2D eigenvalue weighted by molar-refractivity contribution is 5.83. The Bertz CT molecular complexity index is 603. The van der Waals surface area contributed by atoms with Crippen LogP contribution in [0.3, 0.4) is 0 Å². The molecule has 0 heterocycles. The quantitative estimate of drug-likeness (QED) is 0.592. The molecule has 1 rings (SSSR count). The Kier molecular flexibility index (Phi) is 7.41. The molecular weight excluding hydrogens is 337 g/mol. The van der Waals surface area contributed by atoms with E-state index >= 15 is 0 Å². The summed E-state index contributed by atoms with van der Waals surface area (Å²) < 4.78 is 40.1. The summed E-state index contributed by atoms with van der Waals surface area (Å²) in [5, 5.41) is 10.0. The van der Waals surface area contributed by atoms with Gasteiger partial charge in [0.1, 0.15) is 11.6 Å². The molecule has 2 amide bonds. The van der Waals surface area contributed by atoms with E-state index in [2.05, 4.69) is 0 Å². The van der Waals surface area contributed by atoms with Crippen molar-refractivity contribution in [3.63, 3.8) is 0 Å². The average molecular weight is 360 g/mol. The molecule has 0 radical (unpaired) electrons. The molecule has 0 fully saturated rings. The second-order valence-corrected chi connectivity index (χ2v) is 6.41. The van der Waals surface area contributed by atoms with Gasteiger partial charge in [0, 0.05) is 12.0 Å². The molecule has 0 saturated heterocycles. The summed E-state index contributed by atoms with van der Waals surface area (Å²) in [5.41, 5.74) is 8.29. The van der Waals surface area contributed by atoms with Crippen molar-refractivity contribution in [2.45, 2.75) is 50.8 Å². The average Bonchev–Trinajstić information content (AvgIpc) is 2.48. The Morgan fingerprint density at radius 1 is 1.16 bits per heavy atom. The lowest BCUT2D eigenvalue weighted by atomic mass is 9.89. The summed E-state index contributed by atoms with van der Waals surface area (Å²) in [6, 6.07) is 3.06. The van der Waals surface area contributed by atoms with Crippen molar-refractivity contribution in [1.82, 2.24) is 0 Å². The van der Waals surface area contributed by atoms with Gasteiger partial charge in [-0.25, -0.2) is 13.2 Å². The van der Waals surface area contributed by atoms with E-state index < -0.39 is 41.1 Å². The van der Waals surface area contributed by atoms with Gasteiger partial charge in [0.15, 0.2) is 5.67 Å². The number of benzene rings is 1. The van der Waals surface area contributed by atoms with Gasteiger partial charge in [-0.05, 0) is 56.7 Å². The van der Waals surface area contributed by atoms with E-state index in [-0.39, 0.29) is 32.1 Å². The highest BCUT2D eigenvalue weighted by Crippen LogP contribution is 2.24. The number of carbonyl (C=O) groups excluding carboxylic acids is 2. The van der Waals surface area contributed by atoms with Gasteiger partial charge in [0.2, 0.25) is 5.91 Å². The van der Waals surface area contributed by atoms with Gasteiger partial charge in [0.05, 0.1) is 6.10 Å². The molecule has 5 N–H and O–H groups in total. The van der Waals surface area contributed by atoms with Crippen LogP contribution in [0.15, 0.2) is 18.2 Å². The van der Waals surface area contributed by atoms with Crippen LogP contribution < -0.4 is 11.5 Å². The molecule has 1 aromatic carbocycles. The fourth-order valence-corrected chi connectivity index (χ4v) is 2.48. The fourth-order valence-electron chi connectivity index (χ4n) is 2.48. The first-order valence-corrected chi connectivity index (χ1v) is 7.92. The summed E-state index contributed by atoms with van der Waals surface area (Å²) in [6.07, 6.45) is -1.00. The molecule has 0 aliphatic heterocycles. The third kappa shape index (κ3) is 7.13. The van der Waals surface area contributed by atoms with Gasteiger partial charge in [-0.2, -0.15) is 0 Å². The van der Waals surface area contributed by atoms with Crippen molar-refractivity contribution >= 4 is 11.8 Å². The normalized spacial score (nSPS) is 16.0. The Labute approximate surface area is 144 Å². The lowest BCUT2D eigenvalue weighted by Crippen LogP contribution is -2.38.